The summed E-state index contributed by atoms with van der Waals surface area (Å²) < 4.78 is 6.93. The molecule has 0 unspecified atom stereocenters. The first-order valence-electron chi connectivity index (χ1n) is 12.7. The molecule has 0 N–H and O–H groups in total. The van der Waals surface area contributed by atoms with E-state index in [1.165, 1.54) is 55.3 Å². The van der Waals surface area contributed by atoms with Gasteiger partial charge in [-0.3, -0.25) is 0 Å². The summed E-state index contributed by atoms with van der Waals surface area (Å²) >= 11 is 0. The molecule has 0 saturated carbocycles. The van der Waals surface area contributed by atoms with Gasteiger partial charge in [0.05, 0.1) is 0 Å². The van der Waals surface area contributed by atoms with Crippen molar-refractivity contribution in [1.82, 2.24) is 0 Å². The number of fused-ring (bicyclic) bond motifs is 7. The number of hydrogen-bond acceptors (Lipinski definition) is 1. The third kappa shape index (κ3) is 2.98. The Morgan fingerprint density at radius 1 is 0.405 bits per heavy atom. The zero-order chi connectivity index (χ0) is 24.3. The van der Waals surface area contributed by atoms with Crippen molar-refractivity contribution in [3.63, 3.8) is 0 Å². The Balaban J connectivity index is 1.54. The third-order valence-electron chi connectivity index (χ3n) is 7.62. The van der Waals surface area contributed by atoms with Crippen LogP contribution in [0.15, 0.2) is 138 Å². The standard InChI is InChI=1S/C36H22O/c1-2-11-23(12-3-1)24-14-10-15-26(21-24)35-33-31-20-9-8-18-29(31)28-17-6-7-19-30(28)32-22-25-13-4-5-16-27(25)36(37-35)34(32)33/h1-22H. The molecule has 0 bridgehead atoms. The van der Waals surface area contributed by atoms with Crippen molar-refractivity contribution in [1.29, 1.82) is 0 Å². The molecule has 8 rings (SSSR count). The Morgan fingerprint density at radius 2 is 1.00 bits per heavy atom. The van der Waals surface area contributed by atoms with Gasteiger partial charge in [-0.1, -0.05) is 121 Å². The SMILES string of the molecule is c1ccc(-c2cccc(-c3oc4c5c(cc6ccccc64)-c4ccccc4-c4ccccc4-c35)c2)cc1. The van der Waals surface area contributed by atoms with Gasteiger partial charge in [-0.05, 0) is 56.5 Å². The van der Waals surface area contributed by atoms with Crippen molar-refractivity contribution in [3.05, 3.63) is 133 Å². The summed E-state index contributed by atoms with van der Waals surface area (Å²) in [5, 5.41) is 3.52. The Bertz CT molecular complexity index is 1970. The molecular weight excluding hydrogens is 448 g/mol. The van der Waals surface area contributed by atoms with Gasteiger partial charge < -0.3 is 4.42 Å². The van der Waals surface area contributed by atoms with Gasteiger partial charge in [-0.25, -0.2) is 0 Å². The van der Waals surface area contributed by atoms with Crippen LogP contribution in [0.4, 0.5) is 0 Å². The predicted octanol–water partition coefficient (Wildman–Crippen LogP) is 10.2. The van der Waals surface area contributed by atoms with Crippen molar-refractivity contribution in [3.8, 4) is 55.8 Å². The molecule has 172 valence electrons. The Labute approximate surface area is 215 Å². The molecule has 6 aromatic carbocycles. The molecule has 1 heterocycles. The van der Waals surface area contributed by atoms with E-state index in [0.29, 0.717) is 0 Å². The first-order chi connectivity index (χ1) is 18.4. The third-order valence-corrected chi connectivity index (χ3v) is 7.62. The van der Waals surface area contributed by atoms with E-state index >= 15 is 0 Å². The van der Waals surface area contributed by atoms with E-state index in [9.17, 15) is 0 Å². The van der Waals surface area contributed by atoms with Crippen molar-refractivity contribution in [2.45, 2.75) is 0 Å². The molecule has 0 saturated heterocycles. The number of rotatable bonds is 2. The molecule has 37 heavy (non-hydrogen) atoms. The molecule has 0 atom stereocenters. The zero-order valence-corrected chi connectivity index (χ0v) is 20.1. The topological polar surface area (TPSA) is 13.1 Å². The first kappa shape index (κ1) is 20.3. The minimum atomic E-state index is 0.922. The van der Waals surface area contributed by atoms with Crippen LogP contribution in [0.2, 0.25) is 0 Å². The summed E-state index contributed by atoms with van der Waals surface area (Å²) in [6, 6.07) is 47.7. The van der Waals surface area contributed by atoms with Gasteiger partial charge in [0, 0.05) is 21.9 Å². The quantitative estimate of drug-likeness (QED) is 0.245. The van der Waals surface area contributed by atoms with Crippen LogP contribution < -0.4 is 0 Å². The largest absolute Gasteiger partial charge is 0.455 e. The maximum absolute atomic E-state index is 6.93. The summed E-state index contributed by atoms with van der Waals surface area (Å²) in [5.41, 5.74) is 11.8. The van der Waals surface area contributed by atoms with Gasteiger partial charge >= 0.3 is 0 Å². The highest BCUT2D eigenvalue weighted by Crippen LogP contribution is 2.53. The number of hydrogen-bond donors (Lipinski definition) is 0. The van der Waals surface area contributed by atoms with Crippen LogP contribution in [0, 0.1) is 0 Å². The highest BCUT2D eigenvalue weighted by molar-refractivity contribution is 6.22. The molecule has 0 amide bonds. The number of benzene rings is 6. The molecule has 1 aliphatic rings. The minimum Gasteiger partial charge on any atom is -0.455 e. The Hall–Kier alpha value is -4.88. The Morgan fingerprint density at radius 3 is 1.81 bits per heavy atom. The van der Waals surface area contributed by atoms with E-state index in [4.69, 9.17) is 4.42 Å². The first-order valence-corrected chi connectivity index (χ1v) is 12.7. The van der Waals surface area contributed by atoms with Gasteiger partial charge in [0.2, 0.25) is 0 Å². The maximum Gasteiger partial charge on any atom is 0.143 e. The molecule has 1 heteroatoms. The van der Waals surface area contributed by atoms with Crippen molar-refractivity contribution >= 4 is 21.7 Å². The molecule has 7 aromatic rings. The number of furan rings is 1. The lowest BCUT2D eigenvalue weighted by Gasteiger charge is -2.12. The predicted molar refractivity (Wildman–Crippen MR) is 154 cm³/mol. The van der Waals surface area contributed by atoms with Gasteiger partial charge in [0.25, 0.3) is 0 Å². The summed E-state index contributed by atoms with van der Waals surface area (Å²) in [6.45, 7) is 0. The second-order valence-electron chi connectivity index (χ2n) is 9.69. The second kappa shape index (κ2) is 7.81. The molecular formula is C36H22O. The Kier molecular flexibility index (Phi) is 4.29. The average Bonchev–Trinajstić information content (AvgIpc) is 3.33. The summed E-state index contributed by atoms with van der Waals surface area (Å²) in [6.07, 6.45) is 0. The summed E-state index contributed by atoms with van der Waals surface area (Å²) in [5.74, 6) is 0.922. The molecule has 0 radical (unpaired) electrons. The molecule has 0 fully saturated rings. The fourth-order valence-corrected chi connectivity index (χ4v) is 5.97. The molecule has 1 aliphatic carbocycles. The fraction of sp³-hybridized carbons (Fsp3) is 0. The van der Waals surface area contributed by atoms with Crippen LogP contribution in [-0.4, -0.2) is 0 Å². The molecule has 0 aliphatic heterocycles. The molecule has 1 aromatic heterocycles. The van der Waals surface area contributed by atoms with E-state index in [0.717, 1.165) is 22.3 Å². The van der Waals surface area contributed by atoms with Crippen LogP contribution in [0.3, 0.4) is 0 Å². The molecule has 1 nitrogen and oxygen atoms in total. The highest BCUT2D eigenvalue weighted by Gasteiger charge is 2.28. The maximum atomic E-state index is 6.93. The molecule has 0 spiro atoms. The van der Waals surface area contributed by atoms with Crippen LogP contribution >= 0.6 is 0 Å². The van der Waals surface area contributed by atoms with Gasteiger partial charge in [-0.2, -0.15) is 0 Å². The van der Waals surface area contributed by atoms with E-state index < -0.39 is 0 Å². The highest BCUT2D eigenvalue weighted by atomic mass is 16.3. The average molecular weight is 471 g/mol. The zero-order valence-electron chi connectivity index (χ0n) is 20.1. The van der Waals surface area contributed by atoms with Crippen LogP contribution in [0.1, 0.15) is 0 Å². The smallest absolute Gasteiger partial charge is 0.143 e. The minimum absolute atomic E-state index is 0.922. The normalized spacial score (nSPS) is 11.8. The van der Waals surface area contributed by atoms with Gasteiger partial charge in [0.1, 0.15) is 11.3 Å². The van der Waals surface area contributed by atoms with Crippen molar-refractivity contribution in [2.75, 3.05) is 0 Å². The lowest BCUT2D eigenvalue weighted by molar-refractivity contribution is 0.636. The van der Waals surface area contributed by atoms with E-state index in [2.05, 4.69) is 133 Å². The van der Waals surface area contributed by atoms with Crippen LogP contribution in [-0.2, 0) is 0 Å². The van der Waals surface area contributed by atoms with E-state index in [-0.39, 0.29) is 0 Å². The van der Waals surface area contributed by atoms with Crippen LogP contribution in [0.5, 0.6) is 0 Å². The lowest BCUT2D eigenvalue weighted by atomic mass is 9.92. The van der Waals surface area contributed by atoms with E-state index in [1.807, 2.05) is 0 Å². The second-order valence-corrected chi connectivity index (χ2v) is 9.69. The van der Waals surface area contributed by atoms with Crippen molar-refractivity contribution < 1.29 is 4.42 Å². The summed E-state index contributed by atoms with van der Waals surface area (Å²) in [7, 11) is 0. The lowest BCUT2D eigenvalue weighted by Crippen LogP contribution is -1.86. The van der Waals surface area contributed by atoms with Crippen LogP contribution in [0.25, 0.3) is 77.6 Å². The summed E-state index contributed by atoms with van der Waals surface area (Å²) in [4.78, 5) is 0. The van der Waals surface area contributed by atoms with Gasteiger partial charge in [-0.15, -0.1) is 0 Å². The van der Waals surface area contributed by atoms with Crippen molar-refractivity contribution in [2.24, 2.45) is 0 Å². The fourth-order valence-electron chi connectivity index (χ4n) is 5.97. The monoisotopic (exact) mass is 470 g/mol. The van der Waals surface area contributed by atoms with E-state index in [1.54, 1.807) is 0 Å². The van der Waals surface area contributed by atoms with Gasteiger partial charge in [0.15, 0.2) is 0 Å².